The summed E-state index contributed by atoms with van der Waals surface area (Å²) in [6, 6.07) is 3.84. The van der Waals surface area contributed by atoms with Gasteiger partial charge >= 0.3 is 0 Å². The lowest BCUT2D eigenvalue weighted by atomic mass is 9.95. The molecule has 0 N–H and O–H groups in total. The average molecular weight is 251 g/mol. The molecule has 0 radical (unpaired) electrons. The van der Waals surface area contributed by atoms with E-state index >= 15 is 0 Å². The molecule has 0 amide bonds. The SMILES string of the molecule is Cc1cc(Cl)c(C(=O)CC2CCCC2)cc1C. The minimum Gasteiger partial charge on any atom is -0.294 e. The van der Waals surface area contributed by atoms with Gasteiger partial charge in [0, 0.05) is 12.0 Å². The van der Waals surface area contributed by atoms with Gasteiger partial charge in [-0.15, -0.1) is 0 Å². The van der Waals surface area contributed by atoms with Crippen molar-refractivity contribution in [3.05, 3.63) is 33.8 Å². The van der Waals surface area contributed by atoms with Crippen LogP contribution in [0.3, 0.4) is 0 Å². The van der Waals surface area contributed by atoms with Crippen LogP contribution in [0.15, 0.2) is 12.1 Å². The van der Waals surface area contributed by atoms with Gasteiger partial charge < -0.3 is 0 Å². The number of hydrogen-bond acceptors (Lipinski definition) is 1. The van der Waals surface area contributed by atoms with Gasteiger partial charge in [0.15, 0.2) is 5.78 Å². The summed E-state index contributed by atoms with van der Waals surface area (Å²) in [5.74, 6) is 0.796. The summed E-state index contributed by atoms with van der Waals surface area (Å²) in [5, 5.41) is 0.607. The predicted molar refractivity (Wildman–Crippen MR) is 71.8 cm³/mol. The normalized spacial score (nSPS) is 16.4. The first-order valence-corrected chi connectivity index (χ1v) is 6.75. The summed E-state index contributed by atoms with van der Waals surface area (Å²) in [7, 11) is 0. The monoisotopic (exact) mass is 250 g/mol. The number of hydrogen-bond donors (Lipinski definition) is 0. The van der Waals surface area contributed by atoms with Crippen LogP contribution in [0.2, 0.25) is 5.02 Å². The average Bonchev–Trinajstić information content (AvgIpc) is 2.76. The Labute approximate surface area is 108 Å². The Morgan fingerprint density at radius 1 is 1.24 bits per heavy atom. The van der Waals surface area contributed by atoms with Gasteiger partial charge in [-0.1, -0.05) is 37.3 Å². The van der Waals surface area contributed by atoms with Gasteiger partial charge in [0.05, 0.1) is 5.02 Å². The lowest BCUT2D eigenvalue weighted by Crippen LogP contribution is -2.07. The van der Waals surface area contributed by atoms with Gasteiger partial charge in [0.25, 0.3) is 0 Å². The number of rotatable bonds is 3. The molecule has 0 unspecified atom stereocenters. The number of carbonyl (C=O) groups excluding carboxylic acids is 1. The van der Waals surface area contributed by atoms with E-state index in [1.807, 2.05) is 26.0 Å². The lowest BCUT2D eigenvalue weighted by molar-refractivity contribution is 0.0962. The number of aryl methyl sites for hydroxylation is 2. The summed E-state index contributed by atoms with van der Waals surface area (Å²) >= 11 is 6.16. The maximum Gasteiger partial charge on any atom is 0.164 e. The molecular weight excluding hydrogens is 232 g/mol. The molecule has 2 rings (SSSR count). The van der Waals surface area contributed by atoms with Crippen LogP contribution < -0.4 is 0 Å². The van der Waals surface area contributed by atoms with Crippen molar-refractivity contribution in [2.24, 2.45) is 5.92 Å². The van der Waals surface area contributed by atoms with E-state index in [9.17, 15) is 4.79 Å². The zero-order chi connectivity index (χ0) is 12.4. The largest absolute Gasteiger partial charge is 0.294 e. The molecule has 2 heteroatoms. The smallest absolute Gasteiger partial charge is 0.164 e. The van der Waals surface area contributed by atoms with Crippen molar-refractivity contribution in [3.8, 4) is 0 Å². The molecule has 1 nitrogen and oxygen atoms in total. The fraction of sp³-hybridized carbons (Fsp3) is 0.533. The fourth-order valence-corrected chi connectivity index (χ4v) is 2.90. The minimum atomic E-state index is 0.213. The summed E-state index contributed by atoms with van der Waals surface area (Å²) < 4.78 is 0. The lowest BCUT2D eigenvalue weighted by Gasteiger charge is -2.10. The third kappa shape index (κ3) is 2.90. The highest BCUT2D eigenvalue weighted by Crippen LogP contribution is 2.30. The highest BCUT2D eigenvalue weighted by atomic mass is 35.5. The number of ketones is 1. The molecule has 92 valence electrons. The second-order valence-electron chi connectivity index (χ2n) is 5.19. The van der Waals surface area contributed by atoms with Crippen LogP contribution in [-0.2, 0) is 0 Å². The first kappa shape index (κ1) is 12.6. The Hall–Kier alpha value is -0.820. The molecule has 0 heterocycles. The zero-order valence-electron chi connectivity index (χ0n) is 10.6. The van der Waals surface area contributed by atoms with E-state index in [0.29, 0.717) is 22.9 Å². The predicted octanol–water partition coefficient (Wildman–Crippen LogP) is 4.72. The van der Waals surface area contributed by atoms with Crippen LogP contribution >= 0.6 is 11.6 Å². The molecular formula is C15H19ClO. The molecule has 0 atom stereocenters. The first-order chi connectivity index (χ1) is 8.08. The quantitative estimate of drug-likeness (QED) is 0.710. The molecule has 0 spiro atoms. The molecule has 1 saturated carbocycles. The Morgan fingerprint density at radius 3 is 2.47 bits per heavy atom. The van der Waals surface area contributed by atoms with Gasteiger partial charge in [-0.3, -0.25) is 4.79 Å². The van der Waals surface area contributed by atoms with Gasteiger partial charge in [0.1, 0.15) is 0 Å². The third-order valence-electron chi connectivity index (χ3n) is 3.83. The fourth-order valence-electron chi connectivity index (χ4n) is 2.58. The van der Waals surface area contributed by atoms with E-state index in [4.69, 9.17) is 11.6 Å². The van der Waals surface area contributed by atoms with Crippen molar-refractivity contribution in [1.29, 1.82) is 0 Å². The Kier molecular flexibility index (Phi) is 3.88. The summed E-state index contributed by atoms with van der Waals surface area (Å²) in [6.07, 6.45) is 5.63. The number of Topliss-reactive ketones (excluding diaryl/α,β-unsaturated/α-hetero) is 1. The Morgan fingerprint density at radius 2 is 1.82 bits per heavy atom. The van der Waals surface area contributed by atoms with Crippen molar-refractivity contribution in [1.82, 2.24) is 0 Å². The second-order valence-corrected chi connectivity index (χ2v) is 5.60. The molecule has 1 aromatic rings. The van der Waals surface area contributed by atoms with Crippen molar-refractivity contribution in [3.63, 3.8) is 0 Å². The maximum absolute atomic E-state index is 12.2. The molecule has 1 aliphatic carbocycles. The number of halogens is 1. The molecule has 1 aromatic carbocycles. The summed E-state index contributed by atoms with van der Waals surface area (Å²) in [5.41, 5.74) is 3.00. The molecule has 17 heavy (non-hydrogen) atoms. The Balaban J connectivity index is 2.15. The molecule has 0 saturated heterocycles. The standard InChI is InChI=1S/C15H19ClO/c1-10-7-13(14(16)8-11(10)2)15(17)9-12-5-3-4-6-12/h7-8,12H,3-6,9H2,1-2H3. The van der Waals surface area contributed by atoms with Gasteiger partial charge in [-0.2, -0.15) is 0 Å². The van der Waals surface area contributed by atoms with Gasteiger partial charge in [-0.05, 0) is 43.0 Å². The van der Waals surface area contributed by atoms with Crippen molar-refractivity contribution in [2.45, 2.75) is 46.0 Å². The van der Waals surface area contributed by atoms with E-state index in [0.717, 1.165) is 11.1 Å². The number of benzene rings is 1. The van der Waals surface area contributed by atoms with Gasteiger partial charge in [0.2, 0.25) is 0 Å². The van der Waals surface area contributed by atoms with Crippen LogP contribution in [-0.4, -0.2) is 5.78 Å². The topological polar surface area (TPSA) is 17.1 Å². The van der Waals surface area contributed by atoms with Crippen LogP contribution in [0.5, 0.6) is 0 Å². The summed E-state index contributed by atoms with van der Waals surface area (Å²) in [4.78, 5) is 12.2. The molecule has 0 aliphatic heterocycles. The molecule has 0 bridgehead atoms. The van der Waals surface area contributed by atoms with Gasteiger partial charge in [-0.25, -0.2) is 0 Å². The van der Waals surface area contributed by atoms with E-state index in [-0.39, 0.29) is 5.78 Å². The van der Waals surface area contributed by atoms with E-state index < -0.39 is 0 Å². The first-order valence-electron chi connectivity index (χ1n) is 6.38. The van der Waals surface area contributed by atoms with E-state index in [1.54, 1.807) is 0 Å². The zero-order valence-corrected chi connectivity index (χ0v) is 11.3. The Bertz CT molecular complexity index is 431. The number of carbonyl (C=O) groups is 1. The highest BCUT2D eigenvalue weighted by Gasteiger charge is 2.20. The highest BCUT2D eigenvalue weighted by molar-refractivity contribution is 6.34. The second kappa shape index (κ2) is 5.22. The van der Waals surface area contributed by atoms with Crippen LogP contribution in [0.1, 0.15) is 53.6 Å². The summed E-state index contributed by atoms with van der Waals surface area (Å²) in [6.45, 7) is 4.05. The van der Waals surface area contributed by atoms with E-state index in [2.05, 4.69) is 0 Å². The van der Waals surface area contributed by atoms with Crippen LogP contribution in [0.25, 0.3) is 0 Å². The van der Waals surface area contributed by atoms with Crippen LogP contribution in [0, 0.1) is 19.8 Å². The molecule has 0 aromatic heterocycles. The maximum atomic E-state index is 12.2. The molecule has 1 fully saturated rings. The minimum absolute atomic E-state index is 0.213. The van der Waals surface area contributed by atoms with Crippen molar-refractivity contribution < 1.29 is 4.79 Å². The molecule has 1 aliphatic rings. The third-order valence-corrected chi connectivity index (χ3v) is 4.15. The van der Waals surface area contributed by atoms with Crippen molar-refractivity contribution >= 4 is 17.4 Å². The van der Waals surface area contributed by atoms with E-state index in [1.165, 1.54) is 25.7 Å². The van der Waals surface area contributed by atoms with Crippen molar-refractivity contribution in [2.75, 3.05) is 0 Å². The van der Waals surface area contributed by atoms with Crippen LogP contribution in [0.4, 0.5) is 0 Å².